The Balaban J connectivity index is 1.52. The number of aliphatic imine (C=N–C) groups is 1. The highest BCUT2D eigenvalue weighted by molar-refractivity contribution is 8.18. The molecule has 36 heavy (non-hydrogen) atoms. The van der Waals surface area contributed by atoms with Crippen LogP contribution < -0.4 is 19.5 Å². The number of rotatable bonds is 7. The molecule has 0 atom stereocenters. The van der Waals surface area contributed by atoms with Gasteiger partial charge < -0.3 is 19.5 Å². The number of benzene rings is 3. The number of ether oxygens (including phenoxy) is 3. The zero-order valence-corrected chi connectivity index (χ0v) is 22.2. The second-order valence-corrected chi connectivity index (χ2v) is 9.76. The van der Waals surface area contributed by atoms with Gasteiger partial charge in [0.1, 0.15) is 18.0 Å². The Hall–Kier alpha value is -3.71. The fourth-order valence-electron chi connectivity index (χ4n) is 4.11. The first-order valence-electron chi connectivity index (χ1n) is 11.6. The van der Waals surface area contributed by atoms with E-state index in [2.05, 4.69) is 43.2 Å². The van der Waals surface area contributed by atoms with Gasteiger partial charge in [-0.05, 0) is 97.6 Å². The van der Waals surface area contributed by atoms with Crippen LogP contribution in [0.25, 0.3) is 6.08 Å². The van der Waals surface area contributed by atoms with Gasteiger partial charge in [0.2, 0.25) is 0 Å². The number of aryl methyl sites for hydroxylation is 4. The van der Waals surface area contributed by atoms with Crippen LogP contribution in [0.2, 0.25) is 0 Å². The molecule has 3 aromatic rings. The van der Waals surface area contributed by atoms with Crippen LogP contribution in [-0.4, -0.2) is 25.3 Å². The zero-order valence-electron chi connectivity index (χ0n) is 21.4. The summed E-state index contributed by atoms with van der Waals surface area (Å²) in [5, 5.41) is 3.34. The van der Waals surface area contributed by atoms with Gasteiger partial charge in [0, 0.05) is 0 Å². The third-order valence-corrected chi connectivity index (χ3v) is 6.81. The first kappa shape index (κ1) is 25.4. The molecule has 1 amide bonds. The normalized spacial score (nSPS) is 15.3. The summed E-state index contributed by atoms with van der Waals surface area (Å²) in [4.78, 5) is 17.7. The topological polar surface area (TPSA) is 69.2 Å². The van der Waals surface area contributed by atoms with Gasteiger partial charge in [-0.2, -0.15) is 0 Å². The number of carbonyl (C=O) groups excluding carboxylic acids is 1. The molecule has 0 bridgehead atoms. The number of nitrogens with zero attached hydrogens (tertiary/aromatic N) is 1. The van der Waals surface area contributed by atoms with Gasteiger partial charge >= 0.3 is 0 Å². The summed E-state index contributed by atoms with van der Waals surface area (Å²) in [6.07, 6.45) is 1.82. The third-order valence-electron chi connectivity index (χ3n) is 5.91. The van der Waals surface area contributed by atoms with Gasteiger partial charge in [-0.3, -0.25) is 4.79 Å². The Morgan fingerprint density at radius 3 is 2.25 bits per heavy atom. The van der Waals surface area contributed by atoms with Crippen molar-refractivity contribution in [3.8, 4) is 17.2 Å². The fraction of sp³-hybridized carbons (Fsp3) is 0.241. The minimum Gasteiger partial charge on any atom is -0.494 e. The van der Waals surface area contributed by atoms with Crippen LogP contribution in [0.1, 0.15) is 33.4 Å². The molecular weight excluding hydrogens is 472 g/mol. The predicted octanol–water partition coefficient (Wildman–Crippen LogP) is 6.41. The van der Waals surface area contributed by atoms with Crippen molar-refractivity contribution < 1.29 is 19.0 Å². The molecule has 186 valence electrons. The maximum absolute atomic E-state index is 12.6. The quantitative estimate of drug-likeness (QED) is 0.378. The first-order valence-corrected chi connectivity index (χ1v) is 12.4. The van der Waals surface area contributed by atoms with E-state index in [0.29, 0.717) is 39.6 Å². The summed E-state index contributed by atoms with van der Waals surface area (Å²) in [6.45, 7) is 8.73. The summed E-state index contributed by atoms with van der Waals surface area (Å²) in [7, 11) is 3.21. The van der Waals surface area contributed by atoms with Crippen molar-refractivity contribution in [3.63, 3.8) is 0 Å². The van der Waals surface area contributed by atoms with E-state index in [1.54, 1.807) is 14.2 Å². The SMILES string of the molecule is COc1ccc(C)cc1N=C1NC(=O)/C(=C/c2ccc(OCc3c(C)cc(C)cc3C)c(OC)c2)S1. The average Bonchev–Trinajstić information content (AvgIpc) is 3.17. The van der Waals surface area contributed by atoms with Crippen LogP contribution in [0.3, 0.4) is 0 Å². The molecule has 6 nitrogen and oxygen atoms in total. The van der Waals surface area contributed by atoms with E-state index < -0.39 is 0 Å². The highest BCUT2D eigenvalue weighted by Gasteiger charge is 2.24. The van der Waals surface area contributed by atoms with Crippen molar-refractivity contribution in [2.45, 2.75) is 34.3 Å². The Bertz CT molecular complexity index is 1350. The maximum Gasteiger partial charge on any atom is 0.264 e. The molecule has 1 saturated heterocycles. The van der Waals surface area contributed by atoms with Crippen molar-refractivity contribution in [2.75, 3.05) is 14.2 Å². The third kappa shape index (κ3) is 5.74. The molecule has 1 fully saturated rings. The minimum absolute atomic E-state index is 0.199. The van der Waals surface area contributed by atoms with Crippen LogP contribution in [0.5, 0.6) is 17.2 Å². The largest absolute Gasteiger partial charge is 0.494 e. The molecule has 0 spiro atoms. The molecular formula is C29H30N2O4S. The van der Waals surface area contributed by atoms with E-state index >= 15 is 0 Å². The summed E-state index contributed by atoms with van der Waals surface area (Å²) >= 11 is 1.29. The Morgan fingerprint density at radius 1 is 0.861 bits per heavy atom. The van der Waals surface area contributed by atoms with Gasteiger partial charge in [0.15, 0.2) is 16.7 Å². The van der Waals surface area contributed by atoms with Gasteiger partial charge in [0.05, 0.1) is 19.1 Å². The molecule has 0 saturated carbocycles. The van der Waals surface area contributed by atoms with E-state index in [0.717, 1.165) is 11.1 Å². The molecule has 1 heterocycles. The lowest BCUT2D eigenvalue weighted by molar-refractivity contribution is -0.115. The van der Waals surface area contributed by atoms with Crippen molar-refractivity contribution in [2.24, 2.45) is 4.99 Å². The van der Waals surface area contributed by atoms with Crippen molar-refractivity contribution in [3.05, 3.63) is 86.8 Å². The molecule has 4 rings (SSSR count). The Morgan fingerprint density at radius 2 is 1.56 bits per heavy atom. The van der Waals surface area contributed by atoms with E-state index in [1.165, 1.54) is 34.0 Å². The molecule has 1 N–H and O–H groups in total. The molecule has 0 unspecified atom stereocenters. The highest BCUT2D eigenvalue weighted by atomic mass is 32.2. The second-order valence-electron chi connectivity index (χ2n) is 8.73. The fourth-order valence-corrected chi connectivity index (χ4v) is 4.94. The van der Waals surface area contributed by atoms with Crippen LogP contribution in [0, 0.1) is 27.7 Å². The average molecular weight is 503 g/mol. The van der Waals surface area contributed by atoms with E-state index in [4.69, 9.17) is 14.2 Å². The molecule has 1 aliphatic heterocycles. The number of hydrogen-bond acceptors (Lipinski definition) is 6. The number of amides is 1. The molecule has 0 aliphatic carbocycles. The number of thioether (sulfide) groups is 1. The predicted molar refractivity (Wildman–Crippen MR) is 147 cm³/mol. The molecule has 0 radical (unpaired) electrons. The van der Waals surface area contributed by atoms with Gasteiger partial charge in [-0.25, -0.2) is 4.99 Å². The van der Waals surface area contributed by atoms with E-state index in [9.17, 15) is 4.79 Å². The minimum atomic E-state index is -0.199. The monoisotopic (exact) mass is 502 g/mol. The number of carbonyl (C=O) groups is 1. The summed E-state index contributed by atoms with van der Waals surface area (Å²) in [5.74, 6) is 1.71. The van der Waals surface area contributed by atoms with E-state index in [1.807, 2.05) is 49.4 Å². The Labute approximate surface area is 216 Å². The number of hydrogen-bond donors (Lipinski definition) is 1. The van der Waals surface area contributed by atoms with Crippen LogP contribution in [0.15, 0.2) is 58.4 Å². The highest BCUT2D eigenvalue weighted by Crippen LogP contribution is 2.35. The van der Waals surface area contributed by atoms with Crippen molar-refractivity contribution in [1.82, 2.24) is 5.32 Å². The van der Waals surface area contributed by atoms with Crippen molar-refractivity contribution in [1.29, 1.82) is 0 Å². The second kappa shape index (κ2) is 10.9. The van der Waals surface area contributed by atoms with E-state index in [-0.39, 0.29) is 5.91 Å². The summed E-state index contributed by atoms with van der Waals surface area (Å²) in [5.41, 5.74) is 7.38. The summed E-state index contributed by atoms with van der Waals surface area (Å²) < 4.78 is 17.1. The van der Waals surface area contributed by atoms with Crippen LogP contribution >= 0.6 is 11.8 Å². The van der Waals surface area contributed by atoms with Crippen molar-refractivity contribution >= 4 is 34.6 Å². The number of nitrogens with one attached hydrogen (secondary N) is 1. The van der Waals surface area contributed by atoms with Crippen LogP contribution in [0.4, 0.5) is 5.69 Å². The lowest BCUT2D eigenvalue weighted by Gasteiger charge is -2.15. The smallest absolute Gasteiger partial charge is 0.264 e. The number of amidine groups is 1. The zero-order chi connectivity index (χ0) is 25.8. The first-order chi connectivity index (χ1) is 17.3. The molecule has 7 heteroatoms. The Kier molecular flexibility index (Phi) is 7.70. The lowest BCUT2D eigenvalue weighted by atomic mass is 10.0. The maximum atomic E-state index is 12.6. The molecule has 0 aromatic heterocycles. The summed E-state index contributed by atoms with van der Waals surface area (Å²) in [6, 6.07) is 15.7. The van der Waals surface area contributed by atoms with Crippen LogP contribution in [-0.2, 0) is 11.4 Å². The standard InChI is InChI=1S/C29H30N2O4S/c1-17-7-9-24(33-5)23(13-17)30-29-31-28(32)27(36-29)15-21-8-10-25(26(14-21)34-6)35-16-22-19(3)11-18(2)12-20(22)4/h7-15H,16H2,1-6H3,(H,30,31,32)/b27-15-. The van der Waals surface area contributed by atoms with Gasteiger partial charge in [-0.15, -0.1) is 0 Å². The molecule has 1 aliphatic rings. The van der Waals surface area contributed by atoms with Gasteiger partial charge in [0.25, 0.3) is 5.91 Å². The molecule has 3 aromatic carbocycles. The lowest BCUT2D eigenvalue weighted by Crippen LogP contribution is -2.19. The van der Waals surface area contributed by atoms with Gasteiger partial charge in [-0.1, -0.05) is 29.8 Å². The number of methoxy groups -OCH3 is 2.